The van der Waals surface area contributed by atoms with E-state index in [1.807, 2.05) is 0 Å². The van der Waals surface area contributed by atoms with Crippen LogP contribution >= 0.6 is 0 Å². The number of carbonyl (C=O) groups is 1. The maximum atomic E-state index is 12.3. The Bertz CT molecular complexity index is 983. The molecule has 5 heteroatoms. The summed E-state index contributed by atoms with van der Waals surface area (Å²) in [6, 6.07) is 14.1. The average molecular weight is 336 g/mol. The standard InChI is InChI=1S/C20H16O5/c1-13(11-21)12-24-17-8-5-15-9-18(20(22)25-19(15)10-17)14-3-6-16(23-2)7-4-14/h3-11H,1,12H2,2H3. The molecule has 0 radical (unpaired) electrons. The third-order valence-electron chi connectivity index (χ3n) is 3.70. The largest absolute Gasteiger partial charge is 0.497 e. The Hall–Kier alpha value is -3.34. The summed E-state index contributed by atoms with van der Waals surface area (Å²) in [5.41, 5.74) is 1.53. The normalized spacial score (nSPS) is 10.4. The van der Waals surface area contributed by atoms with Gasteiger partial charge in [-0.15, -0.1) is 0 Å². The minimum atomic E-state index is -0.438. The molecule has 1 aromatic heterocycles. The Morgan fingerprint density at radius 1 is 1.12 bits per heavy atom. The molecule has 0 aliphatic rings. The van der Waals surface area contributed by atoms with E-state index in [9.17, 15) is 9.59 Å². The molecule has 0 saturated heterocycles. The Labute approximate surface area is 144 Å². The lowest BCUT2D eigenvalue weighted by Crippen LogP contribution is -2.03. The molecule has 0 saturated carbocycles. The molecule has 3 rings (SSSR count). The molecular formula is C20H16O5. The van der Waals surface area contributed by atoms with Gasteiger partial charge in [-0.05, 0) is 35.9 Å². The highest BCUT2D eigenvalue weighted by Crippen LogP contribution is 2.25. The summed E-state index contributed by atoms with van der Waals surface area (Å²) >= 11 is 0. The molecule has 3 aromatic rings. The summed E-state index contributed by atoms with van der Waals surface area (Å²) in [5, 5.41) is 0.770. The third-order valence-corrected chi connectivity index (χ3v) is 3.70. The number of hydrogen-bond donors (Lipinski definition) is 0. The van der Waals surface area contributed by atoms with Crippen LogP contribution in [0.1, 0.15) is 0 Å². The van der Waals surface area contributed by atoms with Crippen LogP contribution in [0.25, 0.3) is 22.1 Å². The van der Waals surface area contributed by atoms with E-state index in [0.717, 1.165) is 10.9 Å². The molecule has 0 aliphatic carbocycles. The average Bonchev–Trinajstić information content (AvgIpc) is 2.65. The van der Waals surface area contributed by atoms with E-state index in [1.54, 1.807) is 55.6 Å². The summed E-state index contributed by atoms with van der Waals surface area (Å²) < 4.78 is 16.0. The first kappa shape index (κ1) is 16.5. The number of aldehydes is 1. The Balaban J connectivity index is 1.95. The number of rotatable bonds is 6. The predicted octanol–water partition coefficient (Wildman–Crippen LogP) is 3.60. The molecule has 0 atom stereocenters. The van der Waals surface area contributed by atoms with Crippen molar-refractivity contribution in [2.75, 3.05) is 13.7 Å². The Kier molecular flexibility index (Phi) is 4.66. The van der Waals surface area contributed by atoms with Crippen LogP contribution in [0.4, 0.5) is 0 Å². The highest BCUT2D eigenvalue weighted by molar-refractivity contribution is 5.82. The van der Waals surface area contributed by atoms with Gasteiger partial charge < -0.3 is 13.9 Å². The highest BCUT2D eigenvalue weighted by Gasteiger charge is 2.09. The fraction of sp³-hybridized carbons (Fsp3) is 0.100. The summed E-state index contributed by atoms with van der Waals surface area (Å²) in [6.45, 7) is 3.63. The lowest BCUT2D eigenvalue weighted by atomic mass is 10.1. The molecule has 1 heterocycles. The smallest absolute Gasteiger partial charge is 0.344 e. The molecule has 0 amide bonds. The van der Waals surface area contributed by atoms with Crippen LogP contribution in [0, 0.1) is 0 Å². The number of benzene rings is 2. The lowest BCUT2D eigenvalue weighted by Gasteiger charge is -2.07. The lowest BCUT2D eigenvalue weighted by molar-refractivity contribution is -0.105. The second-order valence-electron chi connectivity index (χ2n) is 5.44. The van der Waals surface area contributed by atoms with Crippen LogP contribution in [-0.2, 0) is 4.79 Å². The summed E-state index contributed by atoms with van der Waals surface area (Å²) in [7, 11) is 1.59. The molecule has 0 N–H and O–H groups in total. The van der Waals surface area contributed by atoms with Crippen LogP contribution in [-0.4, -0.2) is 20.0 Å². The van der Waals surface area contributed by atoms with Crippen molar-refractivity contribution in [3.8, 4) is 22.6 Å². The van der Waals surface area contributed by atoms with Gasteiger partial charge in [0.05, 0.1) is 12.7 Å². The molecule has 5 nitrogen and oxygen atoms in total. The molecule has 0 aliphatic heterocycles. The fourth-order valence-electron chi connectivity index (χ4n) is 2.36. The third kappa shape index (κ3) is 3.61. The van der Waals surface area contributed by atoms with Gasteiger partial charge in [0, 0.05) is 17.0 Å². The molecule has 0 spiro atoms. The van der Waals surface area contributed by atoms with E-state index in [0.29, 0.717) is 34.5 Å². The van der Waals surface area contributed by atoms with Gasteiger partial charge in [-0.3, -0.25) is 4.79 Å². The van der Waals surface area contributed by atoms with E-state index in [4.69, 9.17) is 13.9 Å². The van der Waals surface area contributed by atoms with Crippen LogP contribution in [0.3, 0.4) is 0 Å². The van der Waals surface area contributed by atoms with E-state index in [1.165, 1.54) is 0 Å². The quantitative estimate of drug-likeness (QED) is 0.391. The van der Waals surface area contributed by atoms with Gasteiger partial charge in [0.2, 0.25) is 0 Å². The molecule has 0 bridgehead atoms. The second-order valence-corrected chi connectivity index (χ2v) is 5.44. The summed E-state index contributed by atoms with van der Waals surface area (Å²) in [4.78, 5) is 22.9. The molecule has 2 aromatic carbocycles. The number of ether oxygens (including phenoxy) is 2. The molecule has 0 unspecified atom stereocenters. The van der Waals surface area contributed by atoms with E-state index in [2.05, 4.69) is 6.58 Å². The fourth-order valence-corrected chi connectivity index (χ4v) is 2.36. The van der Waals surface area contributed by atoms with Gasteiger partial charge in [-0.1, -0.05) is 18.7 Å². The number of hydrogen-bond acceptors (Lipinski definition) is 5. The van der Waals surface area contributed by atoms with Crippen molar-refractivity contribution in [2.45, 2.75) is 0 Å². The van der Waals surface area contributed by atoms with Gasteiger partial charge in [-0.25, -0.2) is 4.79 Å². The van der Waals surface area contributed by atoms with Gasteiger partial charge in [0.25, 0.3) is 0 Å². The van der Waals surface area contributed by atoms with Crippen molar-refractivity contribution in [2.24, 2.45) is 0 Å². The van der Waals surface area contributed by atoms with Crippen LogP contribution in [0.2, 0.25) is 0 Å². The van der Waals surface area contributed by atoms with Crippen molar-refractivity contribution in [3.05, 3.63) is 71.1 Å². The van der Waals surface area contributed by atoms with E-state index < -0.39 is 5.63 Å². The van der Waals surface area contributed by atoms with Gasteiger partial charge in [0.15, 0.2) is 0 Å². The minimum absolute atomic E-state index is 0.0865. The second kappa shape index (κ2) is 7.05. The SMILES string of the molecule is C=C(C=O)COc1ccc2cc(-c3ccc(OC)cc3)c(=O)oc2c1. The van der Waals surface area contributed by atoms with Crippen molar-refractivity contribution in [1.82, 2.24) is 0 Å². The molecule has 0 fully saturated rings. The first-order valence-corrected chi connectivity index (χ1v) is 7.59. The highest BCUT2D eigenvalue weighted by atomic mass is 16.5. The van der Waals surface area contributed by atoms with Gasteiger partial charge in [-0.2, -0.15) is 0 Å². The minimum Gasteiger partial charge on any atom is -0.497 e. The Morgan fingerprint density at radius 3 is 2.52 bits per heavy atom. The van der Waals surface area contributed by atoms with E-state index >= 15 is 0 Å². The number of fused-ring (bicyclic) bond motifs is 1. The van der Waals surface area contributed by atoms with Crippen molar-refractivity contribution in [3.63, 3.8) is 0 Å². The van der Waals surface area contributed by atoms with Crippen LogP contribution in [0.15, 0.2) is 69.9 Å². The molecular weight excluding hydrogens is 320 g/mol. The van der Waals surface area contributed by atoms with Crippen LogP contribution < -0.4 is 15.1 Å². The predicted molar refractivity (Wildman–Crippen MR) is 95.2 cm³/mol. The zero-order valence-electron chi connectivity index (χ0n) is 13.7. The first-order valence-electron chi connectivity index (χ1n) is 7.59. The van der Waals surface area contributed by atoms with Gasteiger partial charge >= 0.3 is 5.63 Å². The maximum absolute atomic E-state index is 12.3. The number of carbonyl (C=O) groups excluding carboxylic acids is 1. The van der Waals surface area contributed by atoms with Crippen molar-refractivity contribution < 1.29 is 18.7 Å². The Morgan fingerprint density at radius 2 is 1.84 bits per heavy atom. The van der Waals surface area contributed by atoms with Crippen molar-refractivity contribution >= 4 is 17.3 Å². The van der Waals surface area contributed by atoms with E-state index in [-0.39, 0.29) is 6.61 Å². The van der Waals surface area contributed by atoms with Crippen LogP contribution in [0.5, 0.6) is 11.5 Å². The first-order chi connectivity index (χ1) is 12.1. The monoisotopic (exact) mass is 336 g/mol. The summed E-state index contributed by atoms with van der Waals surface area (Å²) in [5.74, 6) is 1.21. The topological polar surface area (TPSA) is 65.7 Å². The maximum Gasteiger partial charge on any atom is 0.344 e. The van der Waals surface area contributed by atoms with Gasteiger partial charge in [0.1, 0.15) is 30.0 Å². The summed E-state index contributed by atoms with van der Waals surface area (Å²) in [6.07, 6.45) is 0.641. The zero-order chi connectivity index (χ0) is 17.8. The zero-order valence-corrected chi connectivity index (χ0v) is 13.7. The number of methoxy groups -OCH3 is 1. The molecule has 126 valence electrons. The molecule has 25 heavy (non-hydrogen) atoms. The van der Waals surface area contributed by atoms with Crippen molar-refractivity contribution in [1.29, 1.82) is 0 Å².